The van der Waals surface area contributed by atoms with Gasteiger partial charge in [0.15, 0.2) is 0 Å². The summed E-state index contributed by atoms with van der Waals surface area (Å²) < 4.78 is 0. The fourth-order valence-electron chi connectivity index (χ4n) is 3.96. The minimum atomic E-state index is -0.0867. The molecular weight excluding hydrogens is 420 g/mol. The second-order valence-corrected chi connectivity index (χ2v) is 7.98. The van der Waals surface area contributed by atoms with Crippen LogP contribution in [0.2, 0.25) is 0 Å². The molecule has 5 nitrogen and oxygen atoms in total. The molecule has 34 heavy (non-hydrogen) atoms. The monoisotopic (exact) mass is 444 g/mol. The maximum Gasteiger partial charge on any atom is 0.251 e. The van der Waals surface area contributed by atoms with Crippen molar-refractivity contribution in [2.75, 3.05) is 6.54 Å². The first-order valence-corrected chi connectivity index (χ1v) is 11.3. The molecule has 2 aromatic carbocycles. The van der Waals surface area contributed by atoms with Crippen molar-refractivity contribution in [2.45, 2.75) is 6.42 Å². The Bertz CT molecular complexity index is 1310. The third-order valence-corrected chi connectivity index (χ3v) is 5.72. The number of nitrogens with zero attached hydrogens (tertiary/aromatic N) is 2. The Kier molecular flexibility index (Phi) is 6.25. The molecule has 0 spiro atoms. The Balaban J connectivity index is 1.36. The van der Waals surface area contributed by atoms with E-state index in [9.17, 15) is 4.79 Å². The van der Waals surface area contributed by atoms with E-state index in [1.807, 2.05) is 72.8 Å². The number of aromatic nitrogens is 3. The lowest BCUT2D eigenvalue weighted by Gasteiger charge is -2.06. The lowest BCUT2D eigenvalue weighted by Crippen LogP contribution is -2.25. The molecule has 0 saturated heterocycles. The number of pyridine rings is 2. The standard InChI is InChI=1S/C29H24N4O/c34-29(32-19-15-25-8-4-5-16-31-25)24-11-9-22(10-12-24)27-20-26(21-13-17-30-18-14-21)28(33-27)23-6-2-1-3-7-23/h1-14,16-18,20,33H,15,19H2,(H,32,34). The van der Waals surface area contributed by atoms with Crippen LogP contribution < -0.4 is 5.32 Å². The van der Waals surface area contributed by atoms with Crippen LogP contribution in [0.5, 0.6) is 0 Å². The molecule has 0 saturated carbocycles. The lowest BCUT2D eigenvalue weighted by atomic mass is 10.0. The predicted molar refractivity (Wildman–Crippen MR) is 135 cm³/mol. The highest BCUT2D eigenvalue weighted by Gasteiger charge is 2.14. The van der Waals surface area contributed by atoms with Crippen LogP contribution in [-0.2, 0) is 6.42 Å². The molecule has 5 rings (SSSR count). The van der Waals surface area contributed by atoms with E-state index in [0.29, 0.717) is 18.5 Å². The Morgan fingerprint density at radius 3 is 2.26 bits per heavy atom. The van der Waals surface area contributed by atoms with Crippen molar-refractivity contribution in [3.63, 3.8) is 0 Å². The quantitative estimate of drug-likeness (QED) is 0.334. The summed E-state index contributed by atoms with van der Waals surface area (Å²) in [5, 5.41) is 2.97. The van der Waals surface area contributed by atoms with Gasteiger partial charge in [-0.1, -0.05) is 48.5 Å². The normalized spacial score (nSPS) is 10.7. The number of H-pyrrole nitrogens is 1. The average Bonchev–Trinajstić information content (AvgIpc) is 3.36. The van der Waals surface area contributed by atoms with Gasteiger partial charge in [0.05, 0.1) is 5.69 Å². The van der Waals surface area contributed by atoms with Crippen LogP contribution in [-0.4, -0.2) is 27.4 Å². The summed E-state index contributed by atoms with van der Waals surface area (Å²) in [4.78, 5) is 24.6. The number of aromatic amines is 1. The van der Waals surface area contributed by atoms with Crippen LogP contribution >= 0.6 is 0 Å². The maximum absolute atomic E-state index is 12.6. The van der Waals surface area contributed by atoms with Gasteiger partial charge in [-0.15, -0.1) is 0 Å². The molecule has 166 valence electrons. The maximum atomic E-state index is 12.6. The number of nitrogens with one attached hydrogen (secondary N) is 2. The van der Waals surface area contributed by atoms with E-state index in [1.165, 1.54) is 0 Å². The SMILES string of the molecule is O=C(NCCc1ccccn1)c1ccc(-c2cc(-c3ccncc3)c(-c3ccccc3)[nH]2)cc1. The second-order valence-electron chi connectivity index (χ2n) is 7.98. The summed E-state index contributed by atoms with van der Waals surface area (Å²) in [6, 6.07) is 29.9. The number of carbonyl (C=O) groups is 1. The number of amides is 1. The van der Waals surface area contributed by atoms with Crippen molar-refractivity contribution in [1.82, 2.24) is 20.3 Å². The van der Waals surface area contributed by atoms with Gasteiger partial charge in [0, 0.05) is 54.1 Å². The topological polar surface area (TPSA) is 70.7 Å². The smallest absolute Gasteiger partial charge is 0.251 e. The van der Waals surface area contributed by atoms with Gasteiger partial charge in [-0.2, -0.15) is 0 Å². The second kappa shape index (κ2) is 9.96. The minimum absolute atomic E-state index is 0.0867. The molecule has 0 aliphatic heterocycles. The van der Waals surface area contributed by atoms with Gasteiger partial charge < -0.3 is 10.3 Å². The van der Waals surface area contributed by atoms with E-state index >= 15 is 0 Å². The van der Waals surface area contributed by atoms with Crippen LogP contribution in [0, 0.1) is 0 Å². The highest BCUT2D eigenvalue weighted by molar-refractivity contribution is 5.95. The van der Waals surface area contributed by atoms with E-state index in [0.717, 1.165) is 39.3 Å². The average molecular weight is 445 g/mol. The van der Waals surface area contributed by atoms with E-state index in [1.54, 1.807) is 18.6 Å². The zero-order chi connectivity index (χ0) is 23.2. The summed E-state index contributed by atoms with van der Waals surface area (Å²) in [5.74, 6) is -0.0867. The highest BCUT2D eigenvalue weighted by Crippen LogP contribution is 2.35. The molecule has 2 N–H and O–H groups in total. The van der Waals surface area contributed by atoms with Crippen LogP contribution in [0.1, 0.15) is 16.1 Å². The van der Waals surface area contributed by atoms with Gasteiger partial charge in [0.1, 0.15) is 0 Å². The van der Waals surface area contributed by atoms with E-state index in [-0.39, 0.29) is 5.91 Å². The van der Waals surface area contributed by atoms with E-state index < -0.39 is 0 Å². The zero-order valence-corrected chi connectivity index (χ0v) is 18.6. The molecule has 1 amide bonds. The molecule has 0 aliphatic carbocycles. The van der Waals surface area contributed by atoms with Gasteiger partial charge in [-0.05, 0) is 59.2 Å². The van der Waals surface area contributed by atoms with Crippen molar-refractivity contribution in [3.8, 4) is 33.6 Å². The zero-order valence-electron chi connectivity index (χ0n) is 18.6. The summed E-state index contributed by atoms with van der Waals surface area (Å²) in [6.07, 6.45) is 6.07. The molecule has 3 heterocycles. The predicted octanol–water partition coefficient (Wildman–Crippen LogP) is 5.78. The lowest BCUT2D eigenvalue weighted by molar-refractivity contribution is 0.0954. The molecule has 0 aliphatic rings. The molecule has 0 unspecified atom stereocenters. The number of rotatable bonds is 7. The van der Waals surface area contributed by atoms with Crippen LogP contribution in [0.4, 0.5) is 0 Å². The summed E-state index contributed by atoms with van der Waals surface area (Å²) in [5.41, 5.74) is 7.98. The fraction of sp³-hybridized carbons (Fsp3) is 0.0690. The fourth-order valence-corrected chi connectivity index (χ4v) is 3.96. The molecule has 0 radical (unpaired) electrons. The highest BCUT2D eigenvalue weighted by atomic mass is 16.1. The van der Waals surface area contributed by atoms with Crippen LogP contribution in [0.25, 0.3) is 33.6 Å². The number of benzene rings is 2. The summed E-state index contributed by atoms with van der Waals surface area (Å²) in [7, 11) is 0. The molecule has 3 aromatic heterocycles. The van der Waals surface area contributed by atoms with Gasteiger partial charge in [-0.25, -0.2) is 0 Å². The van der Waals surface area contributed by atoms with Crippen molar-refractivity contribution in [1.29, 1.82) is 0 Å². The van der Waals surface area contributed by atoms with Gasteiger partial charge >= 0.3 is 0 Å². The first-order chi connectivity index (χ1) is 16.8. The molecule has 5 aromatic rings. The Morgan fingerprint density at radius 2 is 1.53 bits per heavy atom. The summed E-state index contributed by atoms with van der Waals surface area (Å²) in [6.45, 7) is 0.546. The molecule has 0 bridgehead atoms. The minimum Gasteiger partial charge on any atom is -0.354 e. The Labute approximate surface area is 198 Å². The molecule has 0 fully saturated rings. The van der Waals surface area contributed by atoms with Crippen molar-refractivity contribution < 1.29 is 4.79 Å². The molecular formula is C29H24N4O. The van der Waals surface area contributed by atoms with Crippen molar-refractivity contribution >= 4 is 5.91 Å². The number of hydrogen-bond acceptors (Lipinski definition) is 3. The third kappa shape index (κ3) is 4.79. The third-order valence-electron chi connectivity index (χ3n) is 5.72. The van der Waals surface area contributed by atoms with Gasteiger partial charge in [0.25, 0.3) is 5.91 Å². The Hall–Kier alpha value is -4.51. The van der Waals surface area contributed by atoms with E-state index in [4.69, 9.17) is 0 Å². The van der Waals surface area contributed by atoms with Gasteiger partial charge in [0.2, 0.25) is 0 Å². The van der Waals surface area contributed by atoms with Crippen molar-refractivity contribution in [2.24, 2.45) is 0 Å². The first kappa shape index (κ1) is 21.3. The van der Waals surface area contributed by atoms with Crippen LogP contribution in [0.3, 0.4) is 0 Å². The Morgan fingerprint density at radius 1 is 0.765 bits per heavy atom. The van der Waals surface area contributed by atoms with Gasteiger partial charge in [-0.3, -0.25) is 14.8 Å². The molecule has 0 atom stereocenters. The first-order valence-electron chi connectivity index (χ1n) is 11.3. The number of hydrogen-bond donors (Lipinski definition) is 2. The molecule has 5 heteroatoms. The van der Waals surface area contributed by atoms with E-state index in [2.05, 4.69) is 38.5 Å². The number of carbonyl (C=O) groups excluding carboxylic acids is 1. The van der Waals surface area contributed by atoms with Crippen LogP contribution in [0.15, 0.2) is 110 Å². The summed E-state index contributed by atoms with van der Waals surface area (Å²) >= 11 is 0. The van der Waals surface area contributed by atoms with Crippen molar-refractivity contribution in [3.05, 3.63) is 121 Å². The largest absolute Gasteiger partial charge is 0.354 e.